The van der Waals surface area contributed by atoms with E-state index in [4.69, 9.17) is 4.74 Å². The number of hydrogen-bond acceptors (Lipinski definition) is 3. The van der Waals surface area contributed by atoms with Crippen molar-refractivity contribution in [2.75, 3.05) is 26.2 Å². The fourth-order valence-electron chi connectivity index (χ4n) is 5.43. The van der Waals surface area contributed by atoms with Crippen LogP contribution in [0.25, 0.3) is 0 Å². The van der Waals surface area contributed by atoms with E-state index in [9.17, 15) is 35.9 Å². The smallest absolute Gasteiger partial charge is 0.422 e. The second kappa shape index (κ2) is 10.3. The zero-order valence-corrected chi connectivity index (χ0v) is 19.7. The summed E-state index contributed by atoms with van der Waals surface area (Å²) in [7, 11) is 0. The van der Waals surface area contributed by atoms with Gasteiger partial charge in [-0.05, 0) is 35.4 Å². The molecule has 0 aromatic heterocycles. The molecule has 2 aliphatic rings. The van der Waals surface area contributed by atoms with Gasteiger partial charge in [-0.2, -0.15) is 26.3 Å². The summed E-state index contributed by atoms with van der Waals surface area (Å²) in [6, 6.07) is 13.3. The van der Waals surface area contributed by atoms with Gasteiger partial charge in [-0.1, -0.05) is 48.5 Å². The summed E-state index contributed by atoms with van der Waals surface area (Å²) in [6.07, 6.45) is -8.82. The molecule has 0 aliphatic carbocycles. The van der Waals surface area contributed by atoms with Crippen molar-refractivity contribution in [3.8, 4) is 5.75 Å². The number of carbonyl (C=O) groups is 2. The number of nitrogens with zero attached hydrogens (tertiary/aromatic N) is 1. The maximum atomic E-state index is 13.9. The van der Waals surface area contributed by atoms with Crippen molar-refractivity contribution >= 4 is 11.8 Å². The summed E-state index contributed by atoms with van der Waals surface area (Å²) in [4.78, 5) is 26.6. The van der Waals surface area contributed by atoms with Crippen molar-refractivity contribution in [1.29, 1.82) is 0 Å². The minimum absolute atomic E-state index is 0.00635. The average Bonchev–Trinajstić information content (AvgIpc) is 2.83. The van der Waals surface area contributed by atoms with Gasteiger partial charge in [-0.15, -0.1) is 0 Å². The van der Waals surface area contributed by atoms with Crippen molar-refractivity contribution in [3.05, 3.63) is 65.7 Å². The molecule has 0 radical (unpaired) electrons. The number of piperidine rings is 2. The molecule has 200 valence electrons. The van der Waals surface area contributed by atoms with Crippen LogP contribution in [-0.4, -0.2) is 55.3 Å². The van der Waals surface area contributed by atoms with Crippen molar-refractivity contribution < 1.29 is 40.7 Å². The minimum Gasteiger partial charge on any atom is -0.484 e. The number of ether oxygens (including phenoxy) is 1. The Morgan fingerprint density at radius 2 is 1.62 bits per heavy atom. The van der Waals surface area contributed by atoms with Gasteiger partial charge >= 0.3 is 12.4 Å². The zero-order chi connectivity index (χ0) is 26.8. The Labute approximate surface area is 209 Å². The Balaban J connectivity index is 1.57. The highest BCUT2D eigenvalue weighted by molar-refractivity contribution is 5.85. The van der Waals surface area contributed by atoms with E-state index in [-0.39, 0.29) is 56.1 Å². The first kappa shape index (κ1) is 26.8. The molecule has 37 heavy (non-hydrogen) atoms. The fraction of sp³-hybridized carbons (Fsp3) is 0.462. The fourth-order valence-corrected chi connectivity index (χ4v) is 5.43. The summed E-state index contributed by atoms with van der Waals surface area (Å²) >= 11 is 0. The first-order chi connectivity index (χ1) is 17.4. The predicted octanol–water partition coefficient (Wildman–Crippen LogP) is 5.19. The van der Waals surface area contributed by atoms with E-state index in [0.717, 1.165) is 0 Å². The van der Waals surface area contributed by atoms with Crippen LogP contribution in [-0.2, 0) is 9.59 Å². The van der Waals surface area contributed by atoms with Gasteiger partial charge in [0, 0.05) is 32.0 Å². The van der Waals surface area contributed by atoms with Crippen LogP contribution >= 0.6 is 0 Å². The highest BCUT2D eigenvalue weighted by atomic mass is 19.4. The van der Waals surface area contributed by atoms with E-state index in [1.54, 1.807) is 24.3 Å². The van der Waals surface area contributed by atoms with Crippen molar-refractivity contribution in [2.45, 2.75) is 43.5 Å². The summed E-state index contributed by atoms with van der Waals surface area (Å²) in [5, 5.41) is 2.75. The molecule has 1 spiro atoms. The highest BCUT2D eigenvalue weighted by Gasteiger charge is 2.51. The molecule has 1 N–H and O–H groups in total. The van der Waals surface area contributed by atoms with E-state index < -0.39 is 42.1 Å². The number of carbonyl (C=O) groups excluding carboxylic acids is 2. The summed E-state index contributed by atoms with van der Waals surface area (Å²) in [5.41, 5.74) is -0.396. The van der Waals surface area contributed by atoms with Crippen LogP contribution in [0, 0.1) is 5.41 Å². The Hall–Kier alpha value is -3.24. The third-order valence-corrected chi connectivity index (χ3v) is 7.22. The third kappa shape index (κ3) is 6.02. The molecule has 2 aromatic rings. The number of alkyl halides is 6. The lowest BCUT2D eigenvalue weighted by molar-refractivity contribution is -0.173. The van der Waals surface area contributed by atoms with Gasteiger partial charge in [-0.25, -0.2) is 0 Å². The lowest BCUT2D eigenvalue weighted by Gasteiger charge is -2.49. The average molecular weight is 528 g/mol. The van der Waals surface area contributed by atoms with Crippen molar-refractivity contribution in [3.63, 3.8) is 0 Å². The maximum Gasteiger partial charge on any atom is 0.422 e. The van der Waals surface area contributed by atoms with Gasteiger partial charge in [0.05, 0.1) is 0 Å². The summed E-state index contributed by atoms with van der Waals surface area (Å²) in [5.74, 6) is -3.99. The van der Waals surface area contributed by atoms with Crippen LogP contribution in [0.15, 0.2) is 54.6 Å². The number of rotatable bonds is 5. The summed E-state index contributed by atoms with van der Waals surface area (Å²) in [6.45, 7) is -1.34. The lowest BCUT2D eigenvalue weighted by atomic mass is 9.62. The van der Waals surface area contributed by atoms with Gasteiger partial charge in [0.1, 0.15) is 5.75 Å². The quantitative estimate of drug-likeness (QED) is 0.544. The first-order valence-corrected chi connectivity index (χ1v) is 11.9. The second-order valence-electron chi connectivity index (χ2n) is 9.55. The number of benzene rings is 2. The molecule has 4 rings (SSSR count). The molecule has 2 unspecified atom stereocenters. The molecule has 2 atom stereocenters. The van der Waals surface area contributed by atoms with Crippen LogP contribution in [0.3, 0.4) is 0 Å². The zero-order valence-electron chi connectivity index (χ0n) is 19.7. The van der Waals surface area contributed by atoms with Gasteiger partial charge in [-0.3, -0.25) is 9.59 Å². The van der Waals surface area contributed by atoms with Crippen LogP contribution in [0.5, 0.6) is 5.75 Å². The standard InChI is InChI=1S/C26H26F6N2O3/c27-25(28,29)16-37-20-9-5-4-8-18(20)19-15-33-21(35)14-24(19)10-12-34(13-11-24)23(36)22(26(30,31)32)17-6-2-1-3-7-17/h1-9,19,22H,10-16H2,(H,33,35). The Morgan fingerprint density at radius 3 is 2.24 bits per heavy atom. The monoisotopic (exact) mass is 528 g/mol. The Bertz CT molecular complexity index is 1110. The van der Waals surface area contributed by atoms with Crippen LogP contribution in [0.1, 0.15) is 42.2 Å². The number of hydrogen-bond donors (Lipinski definition) is 1. The summed E-state index contributed by atoms with van der Waals surface area (Å²) < 4.78 is 85.2. The molecule has 0 saturated carbocycles. The van der Waals surface area contributed by atoms with E-state index in [2.05, 4.69) is 5.32 Å². The van der Waals surface area contributed by atoms with Gasteiger partial charge < -0.3 is 15.0 Å². The van der Waals surface area contributed by atoms with Gasteiger partial charge in [0.25, 0.3) is 0 Å². The molecule has 2 fully saturated rings. The van der Waals surface area contributed by atoms with Crippen LogP contribution in [0.2, 0.25) is 0 Å². The maximum absolute atomic E-state index is 13.9. The molecule has 0 bridgehead atoms. The number of amides is 2. The SMILES string of the molecule is O=C1CC2(CCN(C(=O)C(c3ccccc3)C(F)(F)F)CC2)C(c2ccccc2OCC(F)(F)F)CN1. The molecular formula is C26H26F6N2O3. The molecule has 2 amide bonds. The third-order valence-electron chi connectivity index (χ3n) is 7.22. The van der Waals surface area contributed by atoms with Crippen LogP contribution < -0.4 is 10.1 Å². The molecule has 2 aliphatic heterocycles. The molecule has 11 heteroatoms. The van der Waals surface area contributed by atoms with Gasteiger partial charge in [0.15, 0.2) is 12.5 Å². The first-order valence-electron chi connectivity index (χ1n) is 11.9. The molecule has 2 aromatic carbocycles. The van der Waals surface area contributed by atoms with Gasteiger partial charge in [0.2, 0.25) is 11.8 Å². The largest absolute Gasteiger partial charge is 0.484 e. The van der Waals surface area contributed by atoms with E-state index >= 15 is 0 Å². The van der Waals surface area contributed by atoms with E-state index in [1.807, 2.05) is 0 Å². The number of likely N-dealkylation sites (tertiary alicyclic amines) is 1. The molecule has 2 saturated heterocycles. The Morgan fingerprint density at radius 1 is 1.00 bits per heavy atom. The number of para-hydroxylation sites is 1. The minimum atomic E-state index is -4.78. The highest BCUT2D eigenvalue weighted by Crippen LogP contribution is 2.51. The second-order valence-corrected chi connectivity index (χ2v) is 9.55. The number of halogens is 6. The number of nitrogens with one attached hydrogen (secondary N) is 1. The Kier molecular flexibility index (Phi) is 7.43. The van der Waals surface area contributed by atoms with Crippen LogP contribution in [0.4, 0.5) is 26.3 Å². The van der Waals surface area contributed by atoms with E-state index in [1.165, 1.54) is 35.2 Å². The normalized spacial score (nSPS) is 20.9. The topological polar surface area (TPSA) is 58.6 Å². The van der Waals surface area contributed by atoms with E-state index in [0.29, 0.717) is 5.56 Å². The lowest BCUT2D eigenvalue weighted by Crippen LogP contribution is -2.54. The molecule has 2 heterocycles. The molecule has 5 nitrogen and oxygen atoms in total. The van der Waals surface area contributed by atoms with Crippen molar-refractivity contribution in [1.82, 2.24) is 10.2 Å². The predicted molar refractivity (Wildman–Crippen MR) is 122 cm³/mol. The van der Waals surface area contributed by atoms with Crippen molar-refractivity contribution in [2.24, 2.45) is 5.41 Å². The molecular weight excluding hydrogens is 502 g/mol.